The van der Waals surface area contributed by atoms with Gasteiger partial charge in [-0.3, -0.25) is 0 Å². The summed E-state index contributed by atoms with van der Waals surface area (Å²) >= 11 is 0. The normalized spacial score (nSPS) is 22.6. The van der Waals surface area contributed by atoms with Gasteiger partial charge in [0.2, 0.25) is 0 Å². The Morgan fingerprint density at radius 1 is 1.26 bits per heavy atom. The molecule has 4 nitrogen and oxygen atoms in total. The number of ether oxygens (including phenoxy) is 2. The standard InChI is InChI=1S/C15H21NO3/c16-10-15(4-7-18-8-5-15)14(17)12-1-2-13-11(9-12)3-6-19-13/h1-2,9,14,17H,3-8,10,16H2. The van der Waals surface area contributed by atoms with Crippen molar-refractivity contribution in [3.8, 4) is 5.75 Å². The van der Waals surface area contributed by atoms with E-state index in [9.17, 15) is 5.11 Å². The van der Waals surface area contributed by atoms with Crippen LogP contribution in [0, 0.1) is 5.41 Å². The Hall–Kier alpha value is -1.10. The van der Waals surface area contributed by atoms with E-state index < -0.39 is 6.10 Å². The van der Waals surface area contributed by atoms with Gasteiger partial charge in [-0.25, -0.2) is 0 Å². The predicted octanol–water partition coefficient (Wildman–Crippen LogP) is 1.41. The summed E-state index contributed by atoms with van der Waals surface area (Å²) in [5, 5.41) is 10.8. The maximum atomic E-state index is 10.8. The molecule has 1 fully saturated rings. The van der Waals surface area contributed by atoms with Gasteiger partial charge in [0.05, 0.1) is 12.7 Å². The van der Waals surface area contributed by atoms with E-state index in [-0.39, 0.29) is 5.41 Å². The monoisotopic (exact) mass is 263 g/mol. The number of nitrogens with two attached hydrogens (primary N) is 1. The van der Waals surface area contributed by atoms with Crippen molar-refractivity contribution in [3.05, 3.63) is 29.3 Å². The lowest BCUT2D eigenvalue weighted by Crippen LogP contribution is -2.41. The lowest BCUT2D eigenvalue weighted by atomic mass is 9.73. The summed E-state index contributed by atoms with van der Waals surface area (Å²) in [6.45, 7) is 2.60. The smallest absolute Gasteiger partial charge is 0.122 e. The fourth-order valence-corrected chi connectivity index (χ4v) is 3.10. The van der Waals surface area contributed by atoms with Crippen LogP contribution in [0.15, 0.2) is 18.2 Å². The molecule has 1 saturated heterocycles. The molecule has 0 aromatic heterocycles. The van der Waals surface area contributed by atoms with Gasteiger partial charge in [0.1, 0.15) is 5.75 Å². The Kier molecular flexibility index (Phi) is 3.48. The first-order valence-corrected chi connectivity index (χ1v) is 6.97. The van der Waals surface area contributed by atoms with Crippen molar-refractivity contribution in [1.82, 2.24) is 0 Å². The zero-order valence-electron chi connectivity index (χ0n) is 11.1. The number of benzene rings is 1. The van der Waals surface area contributed by atoms with Gasteiger partial charge in [-0.2, -0.15) is 0 Å². The largest absolute Gasteiger partial charge is 0.493 e. The van der Waals surface area contributed by atoms with Crippen LogP contribution in [-0.2, 0) is 11.2 Å². The molecule has 2 aliphatic heterocycles. The zero-order chi connectivity index (χ0) is 13.3. The number of aliphatic hydroxyl groups is 1. The molecule has 0 radical (unpaired) electrons. The Morgan fingerprint density at radius 2 is 2.05 bits per heavy atom. The molecule has 0 saturated carbocycles. The molecule has 0 spiro atoms. The van der Waals surface area contributed by atoms with Crippen LogP contribution in [0.5, 0.6) is 5.75 Å². The van der Waals surface area contributed by atoms with Crippen LogP contribution in [0.1, 0.15) is 30.1 Å². The molecule has 0 amide bonds. The molecule has 2 aliphatic rings. The molecule has 4 heteroatoms. The summed E-state index contributed by atoms with van der Waals surface area (Å²) in [6, 6.07) is 5.99. The van der Waals surface area contributed by atoms with Gasteiger partial charge < -0.3 is 20.3 Å². The summed E-state index contributed by atoms with van der Waals surface area (Å²) < 4.78 is 10.9. The molecule has 3 rings (SSSR count). The summed E-state index contributed by atoms with van der Waals surface area (Å²) in [5.41, 5.74) is 7.85. The number of fused-ring (bicyclic) bond motifs is 1. The highest BCUT2D eigenvalue weighted by atomic mass is 16.5. The second kappa shape index (κ2) is 5.12. The van der Waals surface area contributed by atoms with Crippen molar-refractivity contribution in [3.63, 3.8) is 0 Å². The highest BCUT2D eigenvalue weighted by Crippen LogP contribution is 2.42. The third kappa shape index (κ3) is 2.24. The maximum Gasteiger partial charge on any atom is 0.122 e. The van der Waals surface area contributed by atoms with Crippen LogP contribution in [0.4, 0.5) is 0 Å². The lowest BCUT2D eigenvalue weighted by molar-refractivity contribution is -0.0581. The zero-order valence-corrected chi connectivity index (χ0v) is 11.1. The average Bonchev–Trinajstić information content (AvgIpc) is 2.94. The number of hydrogen-bond acceptors (Lipinski definition) is 4. The molecular weight excluding hydrogens is 242 g/mol. The molecule has 1 aromatic rings. The topological polar surface area (TPSA) is 64.7 Å². The highest BCUT2D eigenvalue weighted by molar-refractivity contribution is 5.41. The van der Waals surface area contributed by atoms with E-state index in [0.29, 0.717) is 19.8 Å². The van der Waals surface area contributed by atoms with Crippen LogP contribution >= 0.6 is 0 Å². The first-order chi connectivity index (χ1) is 9.25. The Labute approximate surface area is 113 Å². The van der Waals surface area contributed by atoms with E-state index in [1.807, 2.05) is 12.1 Å². The Morgan fingerprint density at radius 3 is 2.79 bits per heavy atom. The quantitative estimate of drug-likeness (QED) is 0.865. The minimum atomic E-state index is -0.521. The fourth-order valence-electron chi connectivity index (χ4n) is 3.10. The molecule has 1 aromatic carbocycles. The van der Waals surface area contributed by atoms with Crippen LogP contribution < -0.4 is 10.5 Å². The second-order valence-corrected chi connectivity index (χ2v) is 5.55. The van der Waals surface area contributed by atoms with Gasteiger partial charge in [-0.15, -0.1) is 0 Å². The minimum Gasteiger partial charge on any atom is -0.493 e. The minimum absolute atomic E-state index is 0.244. The van der Waals surface area contributed by atoms with Gasteiger partial charge in [-0.1, -0.05) is 6.07 Å². The molecule has 2 heterocycles. The first-order valence-electron chi connectivity index (χ1n) is 6.97. The molecule has 0 bridgehead atoms. The third-order valence-corrected chi connectivity index (χ3v) is 4.50. The lowest BCUT2D eigenvalue weighted by Gasteiger charge is -2.40. The van der Waals surface area contributed by atoms with Crippen molar-refractivity contribution in [2.45, 2.75) is 25.4 Å². The van der Waals surface area contributed by atoms with Crippen molar-refractivity contribution in [1.29, 1.82) is 0 Å². The van der Waals surface area contributed by atoms with Crippen LogP contribution in [-0.4, -0.2) is 31.5 Å². The number of hydrogen-bond donors (Lipinski definition) is 2. The predicted molar refractivity (Wildman–Crippen MR) is 72.1 cm³/mol. The number of aliphatic hydroxyl groups excluding tert-OH is 1. The third-order valence-electron chi connectivity index (χ3n) is 4.50. The summed E-state index contributed by atoms with van der Waals surface area (Å²) in [6.07, 6.45) is 2.04. The van der Waals surface area contributed by atoms with E-state index in [1.54, 1.807) is 0 Å². The van der Waals surface area contributed by atoms with E-state index in [4.69, 9.17) is 15.2 Å². The van der Waals surface area contributed by atoms with Gasteiger partial charge >= 0.3 is 0 Å². The fraction of sp³-hybridized carbons (Fsp3) is 0.600. The Bertz CT molecular complexity index is 455. The second-order valence-electron chi connectivity index (χ2n) is 5.55. The SMILES string of the molecule is NCC1(C(O)c2ccc3c(c2)CCO3)CCOCC1. The molecule has 0 aliphatic carbocycles. The van der Waals surface area contributed by atoms with Gasteiger partial charge in [0, 0.05) is 31.6 Å². The summed E-state index contributed by atoms with van der Waals surface area (Å²) in [7, 11) is 0. The average molecular weight is 263 g/mol. The summed E-state index contributed by atoms with van der Waals surface area (Å²) in [4.78, 5) is 0. The van der Waals surface area contributed by atoms with Crippen LogP contribution in [0.3, 0.4) is 0 Å². The molecule has 1 unspecified atom stereocenters. The molecular formula is C15H21NO3. The van der Waals surface area contributed by atoms with E-state index in [0.717, 1.165) is 37.2 Å². The van der Waals surface area contributed by atoms with Crippen molar-refractivity contribution in [2.75, 3.05) is 26.4 Å². The highest BCUT2D eigenvalue weighted by Gasteiger charge is 2.39. The van der Waals surface area contributed by atoms with Crippen molar-refractivity contribution >= 4 is 0 Å². The first kappa shape index (κ1) is 12.9. The van der Waals surface area contributed by atoms with Crippen molar-refractivity contribution < 1.29 is 14.6 Å². The van der Waals surface area contributed by atoms with Crippen LogP contribution in [0.25, 0.3) is 0 Å². The Balaban J connectivity index is 1.87. The van der Waals surface area contributed by atoms with Crippen molar-refractivity contribution in [2.24, 2.45) is 11.1 Å². The van der Waals surface area contributed by atoms with E-state index in [2.05, 4.69) is 6.07 Å². The maximum absolute atomic E-state index is 10.8. The molecule has 104 valence electrons. The van der Waals surface area contributed by atoms with Gasteiger partial charge in [0.25, 0.3) is 0 Å². The molecule has 3 N–H and O–H groups in total. The molecule has 19 heavy (non-hydrogen) atoms. The van der Waals surface area contributed by atoms with E-state index in [1.165, 1.54) is 5.56 Å². The van der Waals surface area contributed by atoms with Crippen LogP contribution in [0.2, 0.25) is 0 Å². The molecule has 1 atom stereocenters. The summed E-state index contributed by atoms with van der Waals surface area (Å²) in [5.74, 6) is 0.949. The van der Waals surface area contributed by atoms with Gasteiger partial charge in [0.15, 0.2) is 0 Å². The van der Waals surface area contributed by atoms with Gasteiger partial charge in [-0.05, 0) is 36.1 Å². The number of rotatable bonds is 3. The van der Waals surface area contributed by atoms with E-state index >= 15 is 0 Å².